The van der Waals surface area contributed by atoms with Gasteiger partial charge in [-0.15, -0.1) is 11.3 Å². The average Bonchev–Trinajstić information content (AvgIpc) is 2.69. The minimum atomic E-state index is 0.0234. The van der Waals surface area contributed by atoms with Gasteiger partial charge < -0.3 is 9.84 Å². The van der Waals surface area contributed by atoms with Gasteiger partial charge in [-0.1, -0.05) is 23.7 Å². The van der Waals surface area contributed by atoms with E-state index < -0.39 is 0 Å². The highest BCUT2D eigenvalue weighted by molar-refractivity contribution is 7.11. The third kappa shape index (κ3) is 2.97. The topological polar surface area (TPSA) is 42.4 Å². The summed E-state index contributed by atoms with van der Waals surface area (Å²) in [5.41, 5.74) is 0.857. The van der Waals surface area contributed by atoms with Crippen molar-refractivity contribution in [2.75, 3.05) is 0 Å². The molecule has 0 radical (unpaired) electrons. The van der Waals surface area contributed by atoms with Crippen LogP contribution >= 0.6 is 22.9 Å². The van der Waals surface area contributed by atoms with Crippen molar-refractivity contribution in [3.63, 3.8) is 0 Å². The van der Waals surface area contributed by atoms with E-state index in [4.69, 9.17) is 21.4 Å². The molecule has 1 heterocycles. The third-order valence-corrected chi connectivity index (χ3v) is 3.70. The lowest BCUT2D eigenvalue weighted by atomic mass is 10.3. The van der Waals surface area contributed by atoms with Gasteiger partial charge in [0.05, 0.1) is 22.2 Å². The van der Waals surface area contributed by atoms with E-state index in [-0.39, 0.29) is 6.61 Å². The SMILES string of the molecule is Cc1nc(COc2ccccc2Cl)sc1CO. The lowest BCUT2D eigenvalue weighted by molar-refractivity contribution is 0.284. The molecule has 1 aromatic heterocycles. The van der Waals surface area contributed by atoms with Crippen LogP contribution in [0.4, 0.5) is 0 Å². The van der Waals surface area contributed by atoms with E-state index in [0.29, 0.717) is 17.4 Å². The number of ether oxygens (including phenoxy) is 1. The van der Waals surface area contributed by atoms with Crippen LogP contribution in [0, 0.1) is 6.92 Å². The van der Waals surface area contributed by atoms with Gasteiger partial charge in [0.2, 0.25) is 0 Å². The summed E-state index contributed by atoms with van der Waals surface area (Å²) in [5, 5.41) is 10.5. The molecule has 90 valence electrons. The Labute approximate surface area is 109 Å². The monoisotopic (exact) mass is 269 g/mol. The minimum absolute atomic E-state index is 0.0234. The van der Waals surface area contributed by atoms with E-state index in [2.05, 4.69) is 4.98 Å². The van der Waals surface area contributed by atoms with Gasteiger partial charge in [-0.05, 0) is 19.1 Å². The second-order valence-corrected chi connectivity index (χ2v) is 5.07. The summed E-state index contributed by atoms with van der Waals surface area (Å²) in [6, 6.07) is 7.32. The number of halogens is 1. The van der Waals surface area contributed by atoms with Crippen LogP contribution in [0.15, 0.2) is 24.3 Å². The molecule has 0 aliphatic rings. The molecule has 0 aliphatic heterocycles. The van der Waals surface area contributed by atoms with E-state index in [0.717, 1.165) is 15.6 Å². The summed E-state index contributed by atoms with van der Waals surface area (Å²) in [6.45, 7) is 2.27. The van der Waals surface area contributed by atoms with E-state index in [1.807, 2.05) is 25.1 Å². The molecule has 1 aromatic carbocycles. The molecular formula is C12H12ClNO2S. The molecule has 0 saturated carbocycles. The lowest BCUT2D eigenvalue weighted by Gasteiger charge is -2.05. The maximum atomic E-state index is 9.07. The van der Waals surface area contributed by atoms with Crippen LogP contribution in [0.25, 0.3) is 0 Å². The Morgan fingerprint density at radius 3 is 2.82 bits per heavy atom. The maximum absolute atomic E-state index is 9.07. The third-order valence-electron chi connectivity index (χ3n) is 2.27. The van der Waals surface area contributed by atoms with Crippen molar-refractivity contribution in [1.82, 2.24) is 4.98 Å². The number of aromatic nitrogens is 1. The Bertz CT molecular complexity index is 513. The van der Waals surface area contributed by atoms with Gasteiger partial charge >= 0.3 is 0 Å². The fraction of sp³-hybridized carbons (Fsp3) is 0.250. The number of nitrogens with zero attached hydrogens (tertiary/aromatic N) is 1. The maximum Gasteiger partial charge on any atom is 0.140 e. The van der Waals surface area contributed by atoms with Crippen LogP contribution in [-0.2, 0) is 13.2 Å². The van der Waals surface area contributed by atoms with Crippen LogP contribution in [0.5, 0.6) is 5.75 Å². The summed E-state index contributed by atoms with van der Waals surface area (Å²) in [5.74, 6) is 0.646. The summed E-state index contributed by atoms with van der Waals surface area (Å²) >= 11 is 7.43. The number of hydrogen-bond acceptors (Lipinski definition) is 4. The van der Waals surface area contributed by atoms with Crippen LogP contribution in [0.1, 0.15) is 15.6 Å². The van der Waals surface area contributed by atoms with Gasteiger partial charge in [0.25, 0.3) is 0 Å². The fourth-order valence-corrected chi connectivity index (χ4v) is 2.43. The second kappa shape index (κ2) is 5.49. The molecule has 0 aliphatic carbocycles. The van der Waals surface area contributed by atoms with Crippen LogP contribution in [0.2, 0.25) is 5.02 Å². The number of thiazole rings is 1. The molecular weight excluding hydrogens is 258 g/mol. The van der Waals surface area contributed by atoms with E-state index >= 15 is 0 Å². The number of aryl methyl sites for hydroxylation is 1. The smallest absolute Gasteiger partial charge is 0.140 e. The standard InChI is InChI=1S/C12H12ClNO2S/c1-8-11(6-15)17-12(14-8)7-16-10-5-3-2-4-9(10)13/h2-5,15H,6-7H2,1H3. The van der Waals surface area contributed by atoms with Crippen molar-refractivity contribution in [3.05, 3.63) is 44.9 Å². The number of aliphatic hydroxyl groups excluding tert-OH is 1. The van der Waals surface area contributed by atoms with Gasteiger partial charge in [0.15, 0.2) is 0 Å². The first-order valence-electron chi connectivity index (χ1n) is 5.14. The summed E-state index contributed by atoms with van der Waals surface area (Å²) in [6.07, 6.45) is 0. The molecule has 0 bridgehead atoms. The summed E-state index contributed by atoms with van der Waals surface area (Å²) < 4.78 is 5.57. The number of benzene rings is 1. The Hall–Kier alpha value is -1.10. The van der Waals surface area contributed by atoms with E-state index in [9.17, 15) is 0 Å². The van der Waals surface area contributed by atoms with Gasteiger partial charge in [-0.2, -0.15) is 0 Å². The predicted octanol–water partition coefficient (Wildman–Crippen LogP) is 3.18. The van der Waals surface area contributed by atoms with Crippen LogP contribution in [0.3, 0.4) is 0 Å². The molecule has 2 rings (SSSR count). The second-order valence-electron chi connectivity index (χ2n) is 3.49. The van der Waals surface area contributed by atoms with Gasteiger partial charge in [-0.25, -0.2) is 4.98 Å². The van der Waals surface area contributed by atoms with E-state index in [1.54, 1.807) is 6.07 Å². The Kier molecular flexibility index (Phi) is 3.99. The molecule has 0 amide bonds. The van der Waals surface area contributed by atoms with Crippen molar-refractivity contribution in [2.45, 2.75) is 20.1 Å². The van der Waals surface area contributed by atoms with Crippen molar-refractivity contribution in [2.24, 2.45) is 0 Å². The molecule has 0 atom stereocenters. The molecule has 0 fully saturated rings. The van der Waals surface area contributed by atoms with Crippen LogP contribution in [-0.4, -0.2) is 10.1 Å². The molecule has 0 saturated heterocycles. The lowest BCUT2D eigenvalue weighted by Crippen LogP contribution is -1.95. The molecule has 0 unspecified atom stereocenters. The highest BCUT2D eigenvalue weighted by atomic mass is 35.5. The highest BCUT2D eigenvalue weighted by Crippen LogP contribution is 2.25. The van der Waals surface area contributed by atoms with Crippen molar-refractivity contribution in [3.8, 4) is 5.75 Å². The van der Waals surface area contributed by atoms with Crippen molar-refractivity contribution in [1.29, 1.82) is 0 Å². The van der Waals surface area contributed by atoms with Crippen molar-refractivity contribution < 1.29 is 9.84 Å². The zero-order valence-electron chi connectivity index (χ0n) is 9.31. The first-order valence-corrected chi connectivity index (χ1v) is 6.33. The molecule has 0 spiro atoms. The first kappa shape index (κ1) is 12.4. The molecule has 5 heteroatoms. The molecule has 1 N–H and O–H groups in total. The average molecular weight is 270 g/mol. The first-order chi connectivity index (χ1) is 8.20. The Morgan fingerprint density at radius 2 is 2.18 bits per heavy atom. The highest BCUT2D eigenvalue weighted by Gasteiger charge is 2.08. The van der Waals surface area contributed by atoms with Crippen LogP contribution < -0.4 is 4.74 Å². The number of aliphatic hydroxyl groups is 1. The minimum Gasteiger partial charge on any atom is -0.485 e. The zero-order valence-corrected chi connectivity index (χ0v) is 10.9. The summed E-state index contributed by atoms with van der Waals surface area (Å²) in [7, 11) is 0. The summed E-state index contributed by atoms with van der Waals surface area (Å²) in [4.78, 5) is 5.19. The zero-order chi connectivity index (χ0) is 12.3. The van der Waals surface area contributed by atoms with E-state index in [1.165, 1.54) is 11.3 Å². The molecule has 3 nitrogen and oxygen atoms in total. The Morgan fingerprint density at radius 1 is 1.41 bits per heavy atom. The number of hydrogen-bond donors (Lipinski definition) is 1. The number of rotatable bonds is 4. The van der Waals surface area contributed by atoms with Gasteiger partial charge in [0.1, 0.15) is 17.4 Å². The normalized spacial score (nSPS) is 10.5. The Balaban J connectivity index is 2.05. The predicted molar refractivity (Wildman–Crippen MR) is 68.6 cm³/mol. The van der Waals surface area contributed by atoms with Gasteiger partial charge in [-0.3, -0.25) is 0 Å². The quantitative estimate of drug-likeness (QED) is 0.927. The molecule has 2 aromatic rings. The number of para-hydroxylation sites is 1. The van der Waals surface area contributed by atoms with Gasteiger partial charge in [0, 0.05) is 0 Å². The van der Waals surface area contributed by atoms with Crippen molar-refractivity contribution >= 4 is 22.9 Å². The fourth-order valence-electron chi connectivity index (χ4n) is 1.40. The largest absolute Gasteiger partial charge is 0.485 e. The molecule has 17 heavy (non-hydrogen) atoms.